The number of nitro benzene ring substituents is 1. The van der Waals surface area contributed by atoms with Crippen molar-refractivity contribution in [1.82, 2.24) is 10.4 Å². The maximum absolute atomic E-state index is 12.7. The van der Waals surface area contributed by atoms with Crippen LogP contribution in [0, 0.1) is 10.1 Å². The van der Waals surface area contributed by atoms with Gasteiger partial charge in [-0.05, 0) is 41.4 Å². The molecule has 9 nitrogen and oxygen atoms in total. The number of amides is 2. The van der Waals surface area contributed by atoms with E-state index in [2.05, 4.69) is 5.43 Å². The number of thiocarbonyl (C=S) groups is 1. The fraction of sp³-hybridized carbons (Fsp3) is 0.211. The van der Waals surface area contributed by atoms with Crippen LogP contribution in [0.5, 0.6) is 0 Å². The number of hydrazine groups is 1. The average molecular weight is 477 g/mol. The molecule has 1 N–H and O–H groups in total. The number of morpholine rings is 1. The van der Waals surface area contributed by atoms with E-state index in [9.17, 15) is 19.7 Å². The van der Waals surface area contributed by atoms with Crippen molar-refractivity contribution in [2.45, 2.75) is 0 Å². The molecule has 2 fully saturated rings. The zero-order chi connectivity index (χ0) is 22.0. The van der Waals surface area contributed by atoms with Gasteiger partial charge in [-0.2, -0.15) is 5.01 Å². The first-order chi connectivity index (χ1) is 14.9. The topological polar surface area (TPSA) is 105 Å². The van der Waals surface area contributed by atoms with Gasteiger partial charge >= 0.3 is 0 Å². The molecule has 31 heavy (non-hydrogen) atoms. The fourth-order valence-electron chi connectivity index (χ4n) is 3.13. The predicted molar refractivity (Wildman–Crippen MR) is 123 cm³/mol. The Balaban J connectivity index is 1.56. The van der Waals surface area contributed by atoms with Crippen molar-refractivity contribution in [3.8, 4) is 0 Å². The summed E-state index contributed by atoms with van der Waals surface area (Å²) in [6, 6.07) is 8.20. The highest BCUT2D eigenvalue weighted by atomic mass is 32.2. The van der Waals surface area contributed by atoms with E-state index in [1.54, 1.807) is 29.6 Å². The van der Waals surface area contributed by atoms with Crippen LogP contribution in [0.3, 0.4) is 0 Å². The molecule has 160 valence electrons. The maximum atomic E-state index is 12.7. The number of anilines is 1. The number of thioether (sulfide) groups is 1. The summed E-state index contributed by atoms with van der Waals surface area (Å²) in [4.78, 5) is 38.8. The quantitative estimate of drug-likeness (QED) is 0.304. The highest BCUT2D eigenvalue weighted by Crippen LogP contribution is 2.34. The molecular formula is C19H16N4O5S3. The lowest BCUT2D eigenvalue weighted by molar-refractivity contribution is -0.384. The first kappa shape index (κ1) is 21.4. The Bertz CT molecular complexity index is 1080. The molecule has 3 heterocycles. The van der Waals surface area contributed by atoms with Crippen molar-refractivity contribution < 1.29 is 19.2 Å². The molecule has 4 rings (SSSR count). The number of nitro groups is 1. The molecule has 2 aromatic rings. The van der Waals surface area contributed by atoms with Gasteiger partial charge in [0.1, 0.15) is 5.69 Å². The minimum Gasteiger partial charge on any atom is -0.378 e. The molecule has 12 heteroatoms. The Labute approximate surface area is 190 Å². The van der Waals surface area contributed by atoms with Crippen LogP contribution in [0.2, 0.25) is 0 Å². The van der Waals surface area contributed by atoms with Crippen molar-refractivity contribution in [1.29, 1.82) is 0 Å². The van der Waals surface area contributed by atoms with Gasteiger partial charge in [0.15, 0.2) is 4.32 Å². The van der Waals surface area contributed by atoms with Crippen molar-refractivity contribution in [2.24, 2.45) is 0 Å². The summed E-state index contributed by atoms with van der Waals surface area (Å²) in [5.74, 6) is -0.919. The van der Waals surface area contributed by atoms with Gasteiger partial charge in [0, 0.05) is 19.2 Å². The predicted octanol–water partition coefficient (Wildman–Crippen LogP) is 3.04. The van der Waals surface area contributed by atoms with E-state index in [1.807, 2.05) is 4.90 Å². The van der Waals surface area contributed by atoms with Gasteiger partial charge in [-0.25, -0.2) is 0 Å². The normalized spacial score (nSPS) is 18.0. The number of ether oxygens (including phenoxy) is 1. The van der Waals surface area contributed by atoms with Crippen molar-refractivity contribution >= 4 is 68.9 Å². The van der Waals surface area contributed by atoms with Crippen molar-refractivity contribution in [3.05, 3.63) is 61.2 Å². The molecule has 0 saturated carbocycles. The van der Waals surface area contributed by atoms with E-state index in [0.717, 1.165) is 16.8 Å². The molecule has 2 aliphatic rings. The second-order valence-electron chi connectivity index (χ2n) is 6.54. The van der Waals surface area contributed by atoms with E-state index in [4.69, 9.17) is 17.0 Å². The SMILES string of the molecule is O=C(NN1C(=O)/C(=C/c2ccc(N3CCOCC3)c([N+](=O)[O-])c2)SC1=S)c1cccs1. The number of hydrogen-bond donors (Lipinski definition) is 1. The van der Waals surface area contributed by atoms with Gasteiger partial charge in [-0.1, -0.05) is 23.9 Å². The first-order valence-electron chi connectivity index (χ1n) is 9.17. The minimum absolute atomic E-state index is 0.0443. The van der Waals surface area contributed by atoms with Crippen LogP contribution in [-0.4, -0.2) is 52.4 Å². The first-order valence-corrected chi connectivity index (χ1v) is 11.3. The van der Waals surface area contributed by atoms with Gasteiger partial charge in [0.05, 0.1) is 27.9 Å². The lowest BCUT2D eigenvalue weighted by Gasteiger charge is -2.28. The van der Waals surface area contributed by atoms with Crippen LogP contribution in [0.25, 0.3) is 6.08 Å². The molecule has 1 aromatic carbocycles. The number of nitrogens with one attached hydrogen (secondary N) is 1. The minimum atomic E-state index is -0.486. The lowest BCUT2D eigenvalue weighted by atomic mass is 10.1. The molecule has 0 radical (unpaired) electrons. The maximum Gasteiger partial charge on any atom is 0.293 e. The largest absolute Gasteiger partial charge is 0.378 e. The standard InChI is InChI=1S/C19H16N4O5S3/c24-17(15-2-1-9-30-15)20-22-18(25)16(31-19(22)29)11-12-3-4-13(14(10-12)23(26)27)21-5-7-28-8-6-21/h1-4,9-11H,5-8H2,(H,20,24)/b16-11-. The average Bonchev–Trinajstić information content (AvgIpc) is 3.39. The number of carbonyl (C=O) groups excluding carboxylic acids is 2. The highest BCUT2D eigenvalue weighted by molar-refractivity contribution is 8.26. The van der Waals surface area contributed by atoms with Gasteiger partial charge in [0.2, 0.25) is 0 Å². The molecule has 0 spiro atoms. The summed E-state index contributed by atoms with van der Waals surface area (Å²) >= 11 is 7.49. The van der Waals surface area contributed by atoms with E-state index < -0.39 is 16.7 Å². The number of carbonyl (C=O) groups is 2. The molecule has 0 atom stereocenters. The Morgan fingerprint density at radius 3 is 2.74 bits per heavy atom. The van der Waals surface area contributed by atoms with Crippen LogP contribution in [0.1, 0.15) is 15.2 Å². The van der Waals surface area contributed by atoms with Crippen LogP contribution >= 0.6 is 35.3 Å². The molecule has 2 saturated heterocycles. The van der Waals surface area contributed by atoms with Crippen molar-refractivity contribution in [3.63, 3.8) is 0 Å². The highest BCUT2D eigenvalue weighted by Gasteiger charge is 2.34. The van der Waals surface area contributed by atoms with Crippen LogP contribution < -0.4 is 10.3 Å². The second kappa shape index (κ2) is 9.14. The summed E-state index contributed by atoms with van der Waals surface area (Å²) in [5, 5.41) is 14.4. The lowest BCUT2D eigenvalue weighted by Crippen LogP contribution is -2.44. The smallest absolute Gasteiger partial charge is 0.293 e. The number of hydrogen-bond acceptors (Lipinski definition) is 9. The number of nitrogens with zero attached hydrogens (tertiary/aromatic N) is 3. The van der Waals surface area contributed by atoms with Crippen LogP contribution in [-0.2, 0) is 9.53 Å². The number of rotatable bonds is 5. The zero-order valence-electron chi connectivity index (χ0n) is 16.0. The monoisotopic (exact) mass is 476 g/mol. The fourth-order valence-corrected chi connectivity index (χ4v) is 4.92. The van der Waals surface area contributed by atoms with E-state index in [1.165, 1.54) is 23.5 Å². The Kier molecular flexibility index (Phi) is 6.32. The number of benzene rings is 1. The van der Waals surface area contributed by atoms with Gasteiger partial charge in [-0.15, -0.1) is 11.3 Å². The van der Waals surface area contributed by atoms with E-state index in [-0.39, 0.29) is 14.9 Å². The zero-order valence-corrected chi connectivity index (χ0v) is 18.4. The summed E-state index contributed by atoms with van der Waals surface area (Å²) in [6.07, 6.45) is 1.53. The third-order valence-electron chi connectivity index (χ3n) is 4.60. The summed E-state index contributed by atoms with van der Waals surface area (Å²) < 4.78 is 5.49. The van der Waals surface area contributed by atoms with Crippen molar-refractivity contribution in [2.75, 3.05) is 31.2 Å². The van der Waals surface area contributed by atoms with E-state index >= 15 is 0 Å². The number of thiophene rings is 1. The van der Waals surface area contributed by atoms with Gasteiger partial charge in [0.25, 0.3) is 17.5 Å². The van der Waals surface area contributed by atoms with E-state index in [0.29, 0.717) is 42.4 Å². The Morgan fingerprint density at radius 2 is 2.06 bits per heavy atom. The Hall–Kier alpha value is -2.80. The van der Waals surface area contributed by atoms with Gasteiger partial charge < -0.3 is 9.64 Å². The molecule has 0 bridgehead atoms. The van der Waals surface area contributed by atoms with Crippen LogP contribution in [0.4, 0.5) is 11.4 Å². The third-order valence-corrected chi connectivity index (χ3v) is 6.77. The molecule has 2 amide bonds. The van der Waals surface area contributed by atoms with Gasteiger partial charge in [-0.3, -0.25) is 25.1 Å². The second-order valence-corrected chi connectivity index (χ2v) is 9.16. The summed E-state index contributed by atoms with van der Waals surface area (Å²) in [5.41, 5.74) is 3.47. The summed E-state index contributed by atoms with van der Waals surface area (Å²) in [6.45, 7) is 2.17. The molecule has 0 unspecified atom stereocenters. The third kappa shape index (κ3) is 4.61. The Morgan fingerprint density at radius 1 is 1.29 bits per heavy atom. The molecule has 0 aliphatic carbocycles. The summed E-state index contributed by atoms with van der Waals surface area (Å²) in [7, 11) is 0. The molecule has 2 aliphatic heterocycles. The van der Waals surface area contributed by atoms with Crippen LogP contribution in [0.15, 0.2) is 40.6 Å². The molecule has 1 aromatic heterocycles. The molecular weight excluding hydrogens is 460 g/mol.